The molecule has 0 aromatic carbocycles. The molecule has 0 spiro atoms. The number of nitrogens with zero attached hydrogens (tertiary/aromatic N) is 3. The lowest BCUT2D eigenvalue weighted by molar-refractivity contribution is 0.243. The second-order valence-electron chi connectivity index (χ2n) is 5.42. The second kappa shape index (κ2) is 5.17. The van der Waals surface area contributed by atoms with Gasteiger partial charge in [0.2, 0.25) is 0 Å². The molecule has 2 rings (SSSR count). The molecule has 1 aromatic rings. The summed E-state index contributed by atoms with van der Waals surface area (Å²) in [4.78, 5) is 0. The Morgan fingerprint density at radius 2 is 2.12 bits per heavy atom. The van der Waals surface area contributed by atoms with Crippen LogP contribution in [-0.2, 0) is 13.5 Å². The molecular weight excluding hydrogens is 212 g/mol. The van der Waals surface area contributed by atoms with Crippen molar-refractivity contribution in [2.75, 3.05) is 6.54 Å². The Morgan fingerprint density at radius 3 is 2.59 bits per heavy atom. The van der Waals surface area contributed by atoms with Gasteiger partial charge in [0, 0.05) is 25.8 Å². The molecule has 0 bridgehead atoms. The first kappa shape index (κ1) is 12.6. The molecule has 4 nitrogen and oxygen atoms in total. The molecule has 1 aliphatic carbocycles. The van der Waals surface area contributed by atoms with E-state index in [9.17, 15) is 0 Å². The van der Waals surface area contributed by atoms with E-state index < -0.39 is 0 Å². The van der Waals surface area contributed by atoms with E-state index in [0.29, 0.717) is 5.41 Å². The highest BCUT2D eigenvalue weighted by molar-refractivity contribution is 5.00. The van der Waals surface area contributed by atoms with E-state index in [-0.39, 0.29) is 0 Å². The SMILES string of the molecule is CCC(CC)(CNC1CC1)Cc1cn(C)nn1. The molecule has 1 fully saturated rings. The third-order valence-corrected chi connectivity index (χ3v) is 4.05. The minimum Gasteiger partial charge on any atom is -0.313 e. The summed E-state index contributed by atoms with van der Waals surface area (Å²) in [5.41, 5.74) is 1.47. The van der Waals surface area contributed by atoms with Crippen molar-refractivity contribution < 1.29 is 0 Å². The molecule has 1 aliphatic rings. The zero-order valence-electron chi connectivity index (χ0n) is 11.2. The van der Waals surface area contributed by atoms with E-state index >= 15 is 0 Å². The standard InChI is InChI=1S/C13H24N4/c1-4-13(5-2,10-14-11-6-7-11)8-12-9-17(3)16-15-12/h9,11,14H,4-8,10H2,1-3H3. The first-order chi connectivity index (χ1) is 8.17. The molecule has 1 saturated carbocycles. The maximum atomic E-state index is 4.22. The number of nitrogens with one attached hydrogen (secondary N) is 1. The van der Waals surface area contributed by atoms with E-state index in [1.165, 1.54) is 25.7 Å². The fourth-order valence-corrected chi connectivity index (χ4v) is 2.32. The van der Waals surface area contributed by atoms with Crippen molar-refractivity contribution in [2.45, 2.75) is 52.0 Å². The lowest BCUT2D eigenvalue weighted by Gasteiger charge is -2.31. The first-order valence-electron chi connectivity index (χ1n) is 6.76. The van der Waals surface area contributed by atoms with Gasteiger partial charge in [-0.2, -0.15) is 0 Å². The summed E-state index contributed by atoms with van der Waals surface area (Å²) in [6.07, 6.45) is 8.17. The molecule has 17 heavy (non-hydrogen) atoms. The summed E-state index contributed by atoms with van der Waals surface area (Å²) in [5, 5.41) is 11.9. The van der Waals surface area contributed by atoms with Gasteiger partial charge in [0.15, 0.2) is 0 Å². The maximum Gasteiger partial charge on any atom is 0.0833 e. The van der Waals surface area contributed by atoms with Gasteiger partial charge in [-0.15, -0.1) is 5.10 Å². The highest BCUT2D eigenvalue weighted by Gasteiger charge is 2.30. The van der Waals surface area contributed by atoms with Crippen LogP contribution in [0.5, 0.6) is 0 Å². The maximum absolute atomic E-state index is 4.22. The van der Waals surface area contributed by atoms with Crippen molar-refractivity contribution in [2.24, 2.45) is 12.5 Å². The zero-order chi connectivity index (χ0) is 12.3. The van der Waals surface area contributed by atoms with Crippen LogP contribution < -0.4 is 5.32 Å². The van der Waals surface area contributed by atoms with Gasteiger partial charge >= 0.3 is 0 Å². The monoisotopic (exact) mass is 236 g/mol. The number of rotatable bonds is 7. The Balaban J connectivity index is 1.98. The minimum absolute atomic E-state index is 0.346. The summed E-state index contributed by atoms with van der Waals surface area (Å²) in [6.45, 7) is 5.68. The quantitative estimate of drug-likeness (QED) is 0.786. The Morgan fingerprint density at radius 1 is 1.41 bits per heavy atom. The second-order valence-corrected chi connectivity index (χ2v) is 5.42. The zero-order valence-corrected chi connectivity index (χ0v) is 11.2. The van der Waals surface area contributed by atoms with Crippen LogP contribution in [0, 0.1) is 5.41 Å². The van der Waals surface area contributed by atoms with Gasteiger partial charge in [0.1, 0.15) is 0 Å². The predicted octanol–water partition coefficient (Wildman–Crippen LogP) is 1.92. The topological polar surface area (TPSA) is 42.7 Å². The summed E-state index contributed by atoms with van der Waals surface area (Å²) in [6, 6.07) is 0.786. The largest absolute Gasteiger partial charge is 0.313 e. The summed E-state index contributed by atoms with van der Waals surface area (Å²) in [5.74, 6) is 0. The Labute approximate surface area is 104 Å². The smallest absolute Gasteiger partial charge is 0.0833 e. The average molecular weight is 236 g/mol. The van der Waals surface area contributed by atoms with E-state index in [4.69, 9.17) is 0 Å². The average Bonchev–Trinajstić information content (AvgIpc) is 3.08. The van der Waals surface area contributed by atoms with Crippen molar-refractivity contribution in [1.82, 2.24) is 20.3 Å². The van der Waals surface area contributed by atoms with E-state index in [1.54, 1.807) is 4.68 Å². The summed E-state index contributed by atoms with van der Waals surface area (Å²) >= 11 is 0. The molecule has 4 heteroatoms. The van der Waals surface area contributed by atoms with Crippen LogP contribution in [0.3, 0.4) is 0 Å². The van der Waals surface area contributed by atoms with Gasteiger partial charge in [-0.25, -0.2) is 0 Å². The Hall–Kier alpha value is -0.900. The van der Waals surface area contributed by atoms with Crippen molar-refractivity contribution in [3.05, 3.63) is 11.9 Å². The molecule has 1 aromatic heterocycles. The predicted molar refractivity (Wildman–Crippen MR) is 68.7 cm³/mol. The molecule has 1 N–H and O–H groups in total. The Kier molecular flexibility index (Phi) is 3.82. The molecule has 0 aliphatic heterocycles. The van der Waals surface area contributed by atoms with Gasteiger partial charge in [-0.3, -0.25) is 4.68 Å². The Bertz CT molecular complexity index is 350. The summed E-state index contributed by atoms with van der Waals surface area (Å²) < 4.78 is 1.79. The van der Waals surface area contributed by atoms with Crippen molar-refractivity contribution in [1.29, 1.82) is 0 Å². The fourth-order valence-electron chi connectivity index (χ4n) is 2.32. The summed E-state index contributed by atoms with van der Waals surface area (Å²) in [7, 11) is 1.93. The highest BCUT2D eigenvalue weighted by atomic mass is 15.4. The van der Waals surface area contributed by atoms with Gasteiger partial charge in [-0.1, -0.05) is 19.1 Å². The van der Waals surface area contributed by atoms with Crippen LogP contribution >= 0.6 is 0 Å². The van der Waals surface area contributed by atoms with Crippen molar-refractivity contribution in [3.63, 3.8) is 0 Å². The normalized spacial score (nSPS) is 16.4. The van der Waals surface area contributed by atoms with Crippen LogP contribution in [0.2, 0.25) is 0 Å². The van der Waals surface area contributed by atoms with E-state index in [2.05, 4.69) is 29.5 Å². The number of hydrogen-bond donors (Lipinski definition) is 1. The number of aromatic nitrogens is 3. The van der Waals surface area contributed by atoms with E-state index in [0.717, 1.165) is 24.7 Å². The lowest BCUT2D eigenvalue weighted by atomic mass is 9.78. The number of aryl methyl sites for hydroxylation is 1. The van der Waals surface area contributed by atoms with E-state index in [1.807, 2.05) is 13.2 Å². The van der Waals surface area contributed by atoms with Gasteiger partial charge in [-0.05, 0) is 37.5 Å². The molecule has 0 radical (unpaired) electrons. The number of hydrogen-bond acceptors (Lipinski definition) is 3. The lowest BCUT2D eigenvalue weighted by Crippen LogP contribution is -2.36. The minimum atomic E-state index is 0.346. The molecule has 0 unspecified atom stereocenters. The van der Waals surface area contributed by atoms with Crippen molar-refractivity contribution in [3.8, 4) is 0 Å². The van der Waals surface area contributed by atoms with Crippen LogP contribution in [0.4, 0.5) is 0 Å². The van der Waals surface area contributed by atoms with Crippen molar-refractivity contribution >= 4 is 0 Å². The van der Waals surface area contributed by atoms with Crippen LogP contribution in [0.15, 0.2) is 6.20 Å². The molecular formula is C13H24N4. The van der Waals surface area contributed by atoms with Crippen LogP contribution in [-0.4, -0.2) is 27.6 Å². The fraction of sp³-hybridized carbons (Fsp3) is 0.846. The third kappa shape index (κ3) is 3.28. The highest BCUT2D eigenvalue weighted by Crippen LogP contribution is 2.31. The first-order valence-corrected chi connectivity index (χ1v) is 6.76. The molecule has 1 heterocycles. The van der Waals surface area contributed by atoms with Gasteiger partial charge in [0.25, 0.3) is 0 Å². The van der Waals surface area contributed by atoms with Crippen LogP contribution in [0.25, 0.3) is 0 Å². The third-order valence-electron chi connectivity index (χ3n) is 4.05. The molecule has 96 valence electrons. The van der Waals surface area contributed by atoms with Gasteiger partial charge in [0.05, 0.1) is 5.69 Å². The molecule has 0 saturated heterocycles. The molecule has 0 amide bonds. The molecule has 0 atom stereocenters. The van der Waals surface area contributed by atoms with Crippen LogP contribution in [0.1, 0.15) is 45.2 Å². The van der Waals surface area contributed by atoms with Gasteiger partial charge < -0.3 is 5.32 Å².